The summed E-state index contributed by atoms with van der Waals surface area (Å²) in [6.45, 7) is 3.18. The fourth-order valence-electron chi connectivity index (χ4n) is 2.61. The van der Waals surface area contributed by atoms with Gasteiger partial charge in [-0.2, -0.15) is 0 Å². The zero-order valence-corrected chi connectivity index (χ0v) is 18.5. The summed E-state index contributed by atoms with van der Waals surface area (Å²) in [5, 5.41) is 6.53. The van der Waals surface area contributed by atoms with E-state index in [2.05, 4.69) is 27.8 Å². The number of halogens is 1. The van der Waals surface area contributed by atoms with Crippen LogP contribution in [0.1, 0.15) is 16.7 Å². The normalized spacial score (nSPS) is 11.6. The number of hydrogen-bond acceptors (Lipinski definition) is 3. The first kappa shape index (κ1) is 22.4. The Morgan fingerprint density at radius 3 is 2.31 bits per heavy atom. The summed E-state index contributed by atoms with van der Waals surface area (Å²) < 4.78 is 23.3. The van der Waals surface area contributed by atoms with E-state index in [1.165, 1.54) is 11.8 Å². The highest BCUT2D eigenvalue weighted by Crippen LogP contribution is 2.16. The molecule has 0 aliphatic rings. The Morgan fingerprint density at radius 1 is 1.04 bits per heavy atom. The van der Waals surface area contributed by atoms with Crippen LogP contribution >= 0.6 is 24.0 Å². The molecule has 26 heavy (non-hydrogen) atoms. The highest BCUT2D eigenvalue weighted by atomic mass is 127. The molecular weight excluding hydrogens is 461 g/mol. The van der Waals surface area contributed by atoms with Crippen LogP contribution in [-0.2, 0) is 22.8 Å². The van der Waals surface area contributed by atoms with Crippen LogP contribution in [0.4, 0.5) is 0 Å². The monoisotopic (exact) mass is 487 g/mol. The van der Waals surface area contributed by atoms with Crippen LogP contribution in [0.15, 0.2) is 58.4 Å². The first-order chi connectivity index (χ1) is 11.9. The van der Waals surface area contributed by atoms with Gasteiger partial charge in [-0.15, -0.1) is 24.0 Å². The third-order valence-electron chi connectivity index (χ3n) is 3.87. The number of nitrogens with one attached hydrogen (secondary N) is 2. The third kappa shape index (κ3) is 6.95. The minimum atomic E-state index is -3.18. The smallest absolute Gasteiger partial charge is 0.191 e. The van der Waals surface area contributed by atoms with Crippen molar-refractivity contribution in [1.82, 2.24) is 10.6 Å². The molecule has 7 heteroatoms. The molecule has 142 valence electrons. The van der Waals surface area contributed by atoms with Crippen molar-refractivity contribution in [2.45, 2.75) is 24.8 Å². The average Bonchev–Trinajstić information content (AvgIpc) is 2.57. The largest absolute Gasteiger partial charge is 0.356 e. The summed E-state index contributed by atoms with van der Waals surface area (Å²) >= 11 is 0. The maximum absolute atomic E-state index is 11.7. The number of nitrogens with zero attached hydrogens (tertiary/aromatic N) is 1. The zero-order valence-electron chi connectivity index (χ0n) is 15.3. The quantitative estimate of drug-likeness (QED) is 0.374. The van der Waals surface area contributed by atoms with Gasteiger partial charge in [0.1, 0.15) is 0 Å². The molecule has 0 fully saturated rings. The van der Waals surface area contributed by atoms with Crippen molar-refractivity contribution >= 4 is 39.8 Å². The Labute approximate surface area is 173 Å². The molecule has 2 N–H and O–H groups in total. The van der Waals surface area contributed by atoms with Gasteiger partial charge in [0.2, 0.25) is 0 Å². The lowest BCUT2D eigenvalue weighted by molar-refractivity contribution is 0.601. The van der Waals surface area contributed by atoms with E-state index in [-0.39, 0.29) is 24.0 Å². The molecule has 0 amide bonds. The van der Waals surface area contributed by atoms with E-state index >= 15 is 0 Å². The summed E-state index contributed by atoms with van der Waals surface area (Å²) in [4.78, 5) is 4.59. The van der Waals surface area contributed by atoms with Crippen molar-refractivity contribution in [1.29, 1.82) is 0 Å². The molecule has 0 atom stereocenters. The summed E-state index contributed by atoms with van der Waals surface area (Å²) in [6.07, 6.45) is 2.15. The second-order valence-corrected chi connectivity index (χ2v) is 7.94. The standard InChI is InChI=1S/C19H25N3O2S.HI/c1-15-13-17(9-10-18(15)25(3,23)24)14-22-19(20-2)21-12-11-16-7-5-4-6-8-16;/h4-10,13H,11-12,14H2,1-3H3,(H2,20,21,22);1H. The fourth-order valence-corrected chi connectivity index (χ4v) is 3.57. The first-order valence-corrected chi connectivity index (χ1v) is 10.1. The van der Waals surface area contributed by atoms with Crippen LogP contribution in [0.5, 0.6) is 0 Å². The van der Waals surface area contributed by atoms with Gasteiger partial charge in [-0.3, -0.25) is 4.99 Å². The van der Waals surface area contributed by atoms with E-state index in [4.69, 9.17) is 0 Å². The predicted molar refractivity (Wildman–Crippen MR) is 118 cm³/mol. The SMILES string of the molecule is CN=C(NCCc1ccccc1)NCc1ccc(S(C)(=O)=O)c(C)c1.I. The molecule has 0 saturated carbocycles. The van der Waals surface area contributed by atoms with E-state index in [0.29, 0.717) is 11.4 Å². The molecular formula is C19H26IN3O2S. The van der Waals surface area contributed by atoms with Crippen LogP contribution in [-0.4, -0.2) is 34.2 Å². The molecule has 0 aromatic heterocycles. The maximum atomic E-state index is 11.7. The lowest BCUT2D eigenvalue weighted by Gasteiger charge is -2.13. The van der Waals surface area contributed by atoms with Gasteiger partial charge in [0, 0.05) is 26.4 Å². The lowest BCUT2D eigenvalue weighted by atomic mass is 10.1. The summed E-state index contributed by atoms with van der Waals surface area (Å²) in [7, 11) is -1.45. The van der Waals surface area contributed by atoms with Gasteiger partial charge in [0.15, 0.2) is 15.8 Å². The second-order valence-electron chi connectivity index (χ2n) is 5.96. The van der Waals surface area contributed by atoms with E-state index in [0.717, 1.165) is 30.1 Å². The van der Waals surface area contributed by atoms with Crippen LogP contribution < -0.4 is 10.6 Å². The Kier molecular flexibility index (Phi) is 9.07. The van der Waals surface area contributed by atoms with Crippen molar-refractivity contribution in [2.24, 2.45) is 4.99 Å². The molecule has 0 aliphatic carbocycles. The van der Waals surface area contributed by atoms with Crippen LogP contribution in [0.2, 0.25) is 0 Å². The summed E-state index contributed by atoms with van der Waals surface area (Å²) in [5.41, 5.74) is 3.04. The molecule has 0 bridgehead atoms. The first-order valence-electron chi connectivity index (χ1n) is 8.18. The predicted octanol–water partition coefficient (Wildman–Crippen LogP) is 2.92. The molecule has 0 heterocycles. The Hall–Kier alpha value is -1.61. The molecule has 0 unspecified atom stereocenters. The average molecular weight is 487 g/mol. The minimum absolute atomic E-state index is 0. The van der Waals surface area contributed by atoms with Crippen molar-refractivity contribution in [3.05, 3.63) is 65.2 Å². The Balaban J connectivity index is 0.00000338. The number of aryl methyl sites for hydroxylation is 1. The number of benzene rings is 2. The highest BCUT2D eigenvalue weighted by Gasteiger charge is 2.10. The molecule has 0 saturated heterocycles. The number of rotatable bonds is 6. The van der Waals surface area contributed by atoms with E-state index in [1.807, 2.05) is 37.3 Å². The van der Waals surface area contributed by atoms with Crippen molar-refractivity contribution in [2.75, 3.05) is 19.8 Å². The molecule has 5 nitrogen and oxygen atoms in total. The molecule has 0 radical (unpaired) electrons. The number of aliphatic imine (C=N–C) groups is 1. The molecule has 2 rings (SSSR count). The molecule has 2 aromatic rings. The van der Waals surface area contributed by atoms with Gasteiger partial charge >= 0.3 is 0 Å². The second kappa shape index (κ2) is 10.5. The van der Waals surface area contributed by atoms with Crippen molar-refractivity contribution < 1.29 is 8.42 Å². The van der Waals surface area contributed by atoms with Gasteiger partial charge in [-0.25, -0.2) is 8.42 Å². The van der Waals surface area contributed by atoms with Gasteiger partial charge < -0.3 is 10.6 Å². The van der Waals surface area contributed by atoms with Gasteiger partial charge in [-0.05, 0) is 36.1 Å². The molecule has 0 spiro atoms. The van der Waals surface area contributed by atoms with Crippen molar-refractivity contribution in [3.8, 4) is 0 Å². The topological polar surface area (TPSA) is 70.6 Å². The third-order valence-corrected chi connectivity index (χ3v) is 5.13. The van der Waals surface area contributed by atoms with Gasteiger partial charge in [0.25, 0.3) is 0 Å². The van der Waals surface area contributed by atoms with Crippen LogP contribution in [0.25, 0.3) is 0 Å². The Bertz CT molecular complexity index is 837. The number of sulfone groups is 1. The van der Waals surface area contributed by atoms with Gasteiger partial charge in [0.05, 0.1) is 4.90 Å². The summed E-state index contributed by atoms with van der Waals surface area (Å²) in [5.74, 6) is 0.723. The van der Waals surface area contributed by atoms with E-state index in [1.54, 1.807) is 13.1 Å². The maximum Gasteiger partial charge on any atom is 0.191 e. The minimum Gasteiger partial charge on any atom is -0.356 e. The summed E-state index contributed by atoms with van der Waals surface area (Å²) in [6, 6.07) is 15.7. The Morgan fingerprint density at radius 2 is 1.73 bits per heavy atom. The number of guanidine groups is 1. The highest BCUT2D eigenvalue weighted by molar-refractivity contribution is 14.0. The fraction of sp³-hybridized carbons (Fsp3) is 0.316. The van der Waals surface area contributed by atoms with E-state index in [9.17, 15) is 8.42 Å². The van der Waals surface area contributed by atoms with Gasteiger partial charge in [-0.1, -0.05) is 42.5 Å². The lowest BCUT2D eigenvalue weighted by Crippen LogP contribution is -2.37. The molecule has 0 aliphatic heterocycles. The van der Waals surface area contributed by atoms with E-state index < -0.39 is 9.84 Å². The van der Waals surface area contributed by atoms with Crippen LogP contribution in [0.3, 0.4) is 0 Å². The van der Waals surface area contributed by atoms with Crippen molar-refractivity contribution in [3.63, 3.8) is 0 Å². The number of hydrogen-bond donors (Lipinski definition) is 2. The van der Waals surface area contributed by atoms with Crippen LogP contribution in [0, 0.1) is 6.92 Å². The zero-order chi connectivity index (χ0) is 18.3. The molecule has 2 aromatic carbocycles.